The van der Waals surface area contributed by atoms with Crippen LogP contribution in [0.25, 0.3) is 0 Å². The molecule has 0 unspecified atom stereocenters. The Morgan fingerprint density at radius 3 is 2.65 bits per heavy atom. The minimum Gasteiger partial charge on any atom is -0.373 e. The average molecular weight is 236 g/mol. The number of aromatic nitrogens is 2. The molecule has 1 N–H and O–H groups in total. The molecule has 1 heterocycles. The molecule has 96 valence electrons. The fourth-order valence-corrected chi connectivity index (χ4v) is 1.81. The molecule has 0 amide bonds. The van der Waals surface area contributed by atoms with Gasteiger partial charge in [0.2, 0.25) is 0 Å². The van der Waals surface area contributed by atoms with Crippen LogP contribution in [0.1, 0.15) is 40.0 Å². The molecule has 0 saturated heterocycles. The van der Waals surface area contributed by atoms with E-state index < -0.39 is 0 Å². The van der Waals surface area contributed by atoms with E-state index in [2.05, 4.69) is 41.0 Å². The van der Waals surface area contributed by atoms with E-state index in [9.17, 15) is 0 Å². The first-order valence-electron chi connectivity index (χ1n) is 6.45. The first kappa shape index (κ1) is 13.7. The van der Waals surface area contributed by atoms with Crippen molar-refractivity contribution in [2.24, 2.45) is 0 Å². The smallest absolute Gasteiger partial charge is 0.134 e. The summed E-state index contributed by atoms with van der Waals surface area (Å²) in [5.74, 6) is 1.88. The second kappa shape index (κ2) is 7.09. The third-order valence-electron chi connectivity index (χ3n) is 2.83. The summed E-state index contributed by atoms with van der Waals surface area (Å²) in [6.07, 6.45) is 5.36. The van der Waals surface area contributed by atoms with Gasteiger partial charge in [0, 0.05) is 25.7 Å². The van der Waals surface area contributed by atoms with Gasteiger partial charge in [0.05, 0.1) is 0 Å². The standard InChI is InChI=1S/C13H24N4/c1-5-6-7-8-17(11(2)3)13-9-12(14-4)15-10-16-13/h9-11H,5-8H2,1-4H3,(H,14,15,16). The Morgan fingerprint density at radius 1 is 1.29 bits per heavy atom. The SMILES string of the molecule is CCCCCN(c1cc(NC)ncn1)C(C)C. The number of rotatable bonds is 7. The topological polar surface area (TPSA) is 41.0 Å². The summed E-state index contributed by atoms with van der Waals surface area (Å²) in [6.45, 7) is 7.69. The van der Waals surface area contributed by atoms with Gasteiger partial charge in [-0.05, 0) is 20.3 Å². The summed E-state index contributed by atoms with van der Waals surface area (Å²) >= 11 is 0. The van der Waals surface area contributed by atoms with E-state index in [-0.39, 0.29) is 0 Å². The number of hydrogen-bond donors (Lipinski definition) is 1. The predicted octanol–water partition coefficient (Wildman–Crippen LogP) is 2.92. The molecule has 17 heavy (non-hydrogen) atoms. The Balaban J connectivity index is 2.74. The molecule has 0 radical (unpaired) electrons. The lowest BCUT2D eigenvalue weighted by atomic mass is 10.2. The van der Waals surface area contributed by atoms with Crippen molar-refractivity contribution in [3.05, 3.63) is 12.4 Å². The summed E-state index contributed by atoms with van der Waals surface area (Å²) in [4.78, 5) is 10.8. The van der Waals surface area contributed by atoms with Crippen LogP contribution in [-0.4, -0.2) is 29.6 Å². The highest BCUT2D eigenvalue weighted by Gasteiger charge is 2.11. The molecule has 0 atom stereocenters. The molecule has 0 aliphatic heterocycles. The van der Waals surface area contributed by atoms with Crippen molar-refractivity contribution in [1.29, 1.82) is 0 Å². The quantitative estimate of drug-likeness (QED) is 0.739. The molecule has 1 aromatic rings. The maximum Gasteiger partial charge on any atom is 0.134 e. The van der Waals surface area contributed by atoms with Crippen molar-refractivity contribution in [3.8, 4) is 0 Å². The number of nitrogens with zero attached hydrogens (tertiary/aromatic N) is 3. The number of unbranched alkanes of at least 4 members (excludes halogenated alkanes) is 2. The number of hydrogen-bond acceptors (Lipinski definition) is 4. The van der Waals surface area contributed by atoms with Crippen LogP contribution < -0.4 is 10.2 Å². The van der Waals surface area contributed by atoms with Crippen LogP contribution in [-0.2, 0) is 0 Å². The molecule has 1 rings (SSSR count). The molecule has 4 heteroatoms. The second-order valence-electron chi connectivity index (χ2n) is 4.51. The van der Waals surface area contributed by atoms with E-state index >= 15 is 0 Å². The van der Waals surface area contributed by atoms with Crippen LogP contribution in [0.2, 0.25) is 0 Å². The van der Waals surface area contributed by atoms with Gasteiger partial charge < -0.3 is 10.2 Å². The normalized spacial score (nSPS) is 10.6. The van der Waals surface area contributed by atoms with Gasteiger partial charge in [-0.2, -0.15) is 0 Å². The van der Waals surface area contributed by atoms with Gasteiger partial charge in [-0.25, -0.2) is 9.97 Å². The molecule has 0 aromatic carbocycles. The number of anilines is 2. The largest absolute Gasteiger partial charge is 0.373 e. The van der Waals surface area contributed by atoms with E-state index in [1.807, 2.05) is 13.1 Å². The fourth-order valence-electron chi connectivity index (χ4n) is 1.81. The Bertz CT molecular complexity index is 325. The van der Waals surface area contributed by atoms with Crippen LogP contribution >= 0.6 is 0 Å². The van der Waals surface area contributed by atoms with Gasteiger partial charge in [0.1, 0.15) is 18.0 Å². The van der Waals surface area contributed by atoms with Crippen molar-refractivity contribution in [1.82, 2.24) is 9.97 Å². The maximum atomic E-state index is 4.36. The Labute approximate surface area is 104 Å². The second-order valence-corrected chi connectivity index (χ2v) is 4.51. The van der Waals surface area contributed by atoms with Gasteiger partial charge in [-0.1, -0.05) is 19.8 Å². The predicted molar refractivity (Wildman–Crippen MR) is 73.6 cm³/mol. The molecule has 0 spiro atoms. The molecular weight excluding hydrogens is 212 g/mol. The summed E-state index contributed by atoms with van der Waals surface area (Å²) < 4.78 is 0. The van der Waals surface area contributed by atoms with Gasteiger partial charge >= 0.3 is 0 Å². The van der Waals surface area contributed by atoms with Gasteiger partial charge in [0.25, 0.3) is 0 Å². The summed E-state index contributed by atoms with van der Waals surface area (Å²) in [5, 5.41) is 3.05. The molecule has 4 nitrogen and oxygen atoms in total. The third kappa shape index (κ3) is 4.21. The van der Waals surface area contributed by atoms with E-state index in [0.717, 1.165) is 18.2 Å². The summed E-state index contributed by atoms with van der Waals surface area (Å²) in [5.41, 5.74) is 0. The lowest BCUT2D eigenvalue weighted by Gasteiger charge is -2.28. The Kier molecular flexibility index (Phi) is 5.73. The van der Waals surface area contributed by atoms with Crippen molar-refractivity contribution in [2.45, 2.75) is 46.1 Å². The average Bonchev–Trinajstić information content (AvgIpc) is 2.34. The van der Waals surface area contributed by atoms with E-state index in [4.69, 9.17) is 0 Å². The first-order valence-corrected chi connectivity index (χ1v) is 6.45. The van der Waals surface area contributed by atoms with E-state index in [1.54, 1.807) is 6.33 Å². The minimum absolute atomic E-state index is 0.464. The number of nitrogens with one attached hydrogen (secondary N) is 1. The Hall–Kier alpha value is -1.32. The van der Waals surface area contributed by atoms with Gasteiger partial charge in [-0.3, -0.25) is 0 Å². The highest BCUT2D eigenvalue weighted by molar-refractivity contribution is 5.48. The zero-order chi connectivity index (χ0) is 12.7. The monoisotopic (exact) mass is 236 g/mol. The highest BCUT2D eigenvalue weighted by atomic mass is 15.2. The van der Waals surface area contributed by atoms with E-state index in [1.165, 1.54) is 19.3 Å². The molecule has 0 aliphatic rings. The lowest BCUT2D eigenvalue weighted by Crippen LogP contribution is -2.32. The van der Waals surface area contributed by atoms with Crippen molar-refractivity contribution in [3.63, 3.8) is 0 Å². The van der Waals surface area contributed by atoms with Crippen LogP contribution in [0.5, 0.6) is 0 Å². The van der Waals surface area contributed by atoms with Crippen LogP contribution in [0, 0.1) is 0 Å². The van der Waals surface area contributed by atoms with Crippen molar-refractivity contribution < 1.29 is 0 Å². The van der Waals surface area contributed by atoms with Crippen LogP contribution in [0.4, 0.5) is 11.6 Å². The third-order valence-corrected chi connectivity index (χ3v) is 2.83. The molecule has 0 aliphatic carbocycles. The Morgan fingerprint density at radius 2 is 2.06 bits per heavy atom. The first-order chi connectivity index (χ1) is 8.19. The van der Waals surface area contributed by atoms with Crippen molar-refractivity contribution >= 4 is 11.6 Å². The minimum atomic E-state index is 0.464. The van der Waals surface area contributed by atoms with Crippen LogP contribution in [0.15, 0.2) is 12.4 Å². The van der Waals surface area contributed by atoms with Gasteiger partial charge in [-0.15, -0.1) is 0 Å². The molecular formula is C13H24N4. The zero-order valence-corrected chi connectivity index (χ0v) is 11.4. The summed E-state index contributed by atoms with van der Waals surface area (Å²) in [7, 11) is 1.88. The maximum absolute atomic E-state index is 4.36. The fraction of sp³-hybridized carbons (Fsp3) is 0.692. The molecule has 1 aromatic heterocycles. The summed E-state index contributed by atoms with van der Waals surface area (Å²) in [6, 6.07) is 2.47. The lowest BCUT2D eigenvalue weighted by molar-refractivity contribution is 0.619. The van der Waals surface area contributed by atoms with Crippen LogP contribution in [0.3, 0.4) is 0 Å². The molecule has 0 bridgehead atoms. The zero-order valence-electron chi connectivity index (χ0n) is 11.4. The van der Waals surface area contributed by atoms with E-state index in [0.29, 0.717) is 6.04 Å². The molecule has 0 saturated carbocycles. The van der Waals surface area contributed by atoms with Gasteiger partial charge in [0.15, 0.2) is 0 Å². The molecule has 0 fully saturated rings. The van der Waals surface area contributed by atoms with Crippen molar-refractivity contribution in [2.75, 3.05) is 23.8 Å². The highest BCUT2D eigenvalue weighted by Crippen LogP contribution is 2.17.